The summed E-state index contributed by atoms with van der Waals surface area (Å²) in [5, 5.41) is 65.7. The van der Waals surface area contributed by atoms with Crippen LogP contribution >= 0.6 is 0 Å². The first kappa shape index (κ1) is 25.0. The lowest BCUT2D eigenvalue weighted by molar-refractivity contribution is -0.394. The van der Waals surface area contributed by atoms with Crippen LogP contribution in [0.3, 0.4) is 0 Å². The molecule has 0 radical (unpaired) electrons. The molecule has 0 aliphatic heterocycles. The monoisotopic (exact) mass is 494 g/mol. The highest BCUT2D eigenvalue weighted by Crippen LogP contribution is 2.35. The van der Waals surface area contributed by atoms with Crippen LogP contribution in [0.25, 0.3) is 24.3 Å². The van der Waals surface area contributed by atoms with Crippen molar-refractivity contribution in [1.82, 2.24) is 0 Å². The van der Waals surface area contributed by atoms with Gasteiger partial charge >= 0.3 is 0 Å². The van der Waals surface area contributed by atoms with Crippen LogP contribution in [0.2, 0.25) is 0 Å². The fraction of sp³-hybridized carbons (Fsp3) is 0. The summed E-state index contributed by atoms with van der Waals surface area (Å²) in [6, 6.07) is 8.72. The number of benzene rings is 3. The third-order valence-electron chi connectivity index (χ3n) is 4.94. The number of nitrogens with zero attached hydrogens (tertiary/aromatic N) is 4. The molecule has 182 valence electrons. The molecule has 0 aliphatic carbocycles. The molecule has 0 spiro atoms. The zero-order chi connectivity index (χ0) is 26.6. The highest BCUT2D eigenvalue weighted by molar-refractivity contribution is 5.85. The Morgan fingerprint density at radius 3 is 1.22 bits per heavy atom. The topological polar surface area (TPSA) is 213 Å². The maximum atomic E-state index is 11.6. The third-order valence-corrected chi connectivity index (χ3v) is 4.94. The number of nitro groups is 4. The lowest BCUT2D eigenvalue weighted by atomic mass is 10.0. The van der Waals surface area contributed by atoms with E-state index in [0.717, 1.165) is 42.5 Å². The smallest absolute Gasteiger partial charge is 0.283 e. The zero-order valence-corrected chi connectivity index (χ0v) is 17.9. The van der Waals surface area contributed by atoms with Crippen LogP contribution in [-0.2, 0) is 0 Å². The van der Waals surface area contributed by atoms with Gasteiger partial charge in [-0.25, -0.2) is 0 Å². The van der Waals surface area contributed by atoms with Crippen LogP contribution < -0.4 is 0 Å². The molecule has 3 aromatic rings. The summed E-state index contributed by atoms with van der Waals surface area (Å²) >= 11 is 0. The Kier molecular flexibility index (Phi) is 7.00. The van der Waals surface area contributed by atoms with Gasteiger partial charge in [0.15, 0.2) is 0 Å². The Bertz CT molecular complexity index is 1370. The number of phenolic OH excluding ortho intramolecular Hbond substituents is 2. The molecule has 0 amide bonds. The van der Waals surface area contributed by atoms with Gasteiger partial charge in [-0.15, -0.1) is 0 Å². The fourth-order valence-electron chi connectivity index (χ4n) is 3.28. The minimum Gasteiger partial charge on any atom is -0.507 e. The largest absolute Gasteiger partial charge is 0.507 e. The summed E-state index contributed by atoms with van der Waals surface area (Å²) in [4.78, 5) is 42.3. The Morgan fingerprint density at radius 1 is 0.528 bits per heavy atom. The van der Waals surface area contributed by atoms with Crippen molar-refractivity contribution in [3.8, 4) is 11.5 Å². The summed E-state index contributed by atoms with van der Waals surface area (Å²) < 4.78 is 0. The van der Waals surface area contributed by atoms with E-state index < -0.39 is 53.9 Å². The summed E-state index contributed by atoms with van der Waals surface area (Å²) in [5.41, 5.74) is -3.31. The van der Waals surface area contributed by atoms with E-state index in [0.29, 0.717) is 6.07 Å². The van der Waals surface area contributed by atoms with Crippen molar-refractivity contribution >= 4 is 47.1 Å². The molecule has 14 heteroatoms. The predicted molar refractivity (Wildman–Crippen MR) is 127 cm³/mol. The number of hydrogen-bond donors (Lipinski definition) is 2. The van der Waals surface area contributed by atoms with Crippen molar-refractivity contribution in [2.75, 3.05) is 0 Å². The molecule has 0 heterocycles. The van der Waals surface area contributed by atoms with Gasteiger partial charge in [-0.2, -0.15) is 0 Å². The quantitative estimate of drug-likeness (QED) is 0.241. The van der Waals surface area contributed by atoms with Crippen molar-refractivity contribution in [3.05, 3.63) is 111 Å². The van der Waals surface area contributed by atoms with Crippen LogP contribution in [0.1, 0.15) is 22.3 Å². The number of aromatic hydroxyl groups is 2. The second-order valence-corrected chi connectivity index (χ2v) is 7.08. The summed E-state index contributed by atoms with van der Waals surface area (Å²) in [7, 11) is 0. The van der Waals surface area contributed by atoms with Crippen LogP contribution in [0.5, 0.6) is 11.5 Å². The summed E-state index contributed by atoms with van der Waals surface area (Å²) in [6.45, 7) is 0. The van der Waals surface area contributed by atoms with E-state index in [1.165, 1.54) is 24.3 Å². The van der Waals surface area contributed by atoms with Gasteiger partial charge in [-0.1, -0.05) is 12.1 Å². The molecule has 3 rings (SSSR count). The second-order valence-electron chi connectivity index (χ2n) is 7.08. The lowest BCUT2D eigenvalue weighted by Crippen LogP contribution is -1.98. The van der Waals surface area contributed by atoms with E-state index in [-0.39, 0.29) is 22.3 Å². The summed E-state index contributed by atoms with van der Waals surface area (Å²) in [5.74, 6) is -0.950. The molecule has 0 saturated heterocycles. The van der Waals surface area contributed by atoms with E-state index in [4.69, 9.17) is 0 Å². The van der Waals surface area contributed by atoms with Gasteiger partial charge in [0.05, 0.1) is 48.0 Å². The number of nitro benzene ring substituents is 4. The van der Waals surface area contributed by atoms with Crippen LogP contribution in [0.15, 0.2) is 48.5 Å². The van der Waals surface area contributed by atoms with E-state index in [9.17, 15) is 50.7 Å². The van der Waals surface area contributed by atoms with Crippen molar-refractivity contribution in [1.29, 1.82) is 0 Å². The Hall–Kier alpha value is -5.66. The van der Waals surface area contributed by atoms with Crippen molar-refractivity contribution < 1.29 is 29.9 Å². The highest BCUT2D eigenvalue weighted by Gasteiger charge is 2.24. The van der Waals surface area contributed by atoms with Crippen molar-refractivity contribution in [2.45, 2.75) is 0 Å². The zero-order valence-electron chi connectivity index (χ0n) is 17.9. The molecular weight excluding hydrogens is 480 g/mol. The average Bonchev–Trinajstić information content (AvgIpc) is 2.81. The molecule has 0 aliphatic rings. The number of rotatable bonds is 8. The maximum Gasteiger partial charge on any atom is 0.283 e. The molecule has 0 bridgehead atoms. The van der Waals surface area contributed by atoms with Crippen LogP contribution in [-0.4, -0.2) is 29.9 Å². The molecule has 0 saturated carbocycles. The Labute approximate surface area is 200 Å². The highest BCUT2D eigenvalue weighted by atomic mass is 16.6. The third kappa shape index (κ3) is 5.12. The maximum absolute atomic E-state index is 11.6. The second kappa shape index (κ2) is 10.1. The van der Waals surface area contributed by atoms with Crippen LogP contribution in [0, 0.1) is 40.5 Å². The van der Waals surface area contributed by atoms with Gasteiger partial charge in [0.2, 0.25) is 0 Å². The molecule has 2 N–H and O–H groups in total. The van der Waals surface area contributed by atoms with Crippen LogP contribution in [0.4, 0.5) is 22.7 Å². The van der Waals surface area contributed by atoms with Gasteiger partial charge in [-0.05, 0) is 42.5 Å². The molecular formula is C22H14N4O10. The van der Waals surface area contributed by atoms with E-state index in [1.54, 1.807) is 0 Å². The molecule has 0 fully saturated rings. The standard InChI is InChI=1S/C22H14N4O10/c27-21-5-1-3-17(23(29)30)15(21)9-7-13-11-14(20(26(35)36)12-19(13)25(33)34)8-10-16-18(24(31)32)4-2-6-22(16)28/h1-12,27-28H/b9-7+,10-8+. The summed E-state index contributed by atoms with van der Waals surface area (Å²) in [6.07, 6.45) is 4.21. The molecule has 36 heavy (non-hydrogen) atoms. The number of hydrogen-bond acceptors (Lipinski definition) is 10. The van der Waals surface area contributed by atoms with Gasteiger partial charge in [0.25, 0.3) is 22.7 Å². The first-order valence-electron chi connectivity index (χ1n) is 9.77. The Morgan fingerprint density at radius 2 is 0.889 bits per heavy atom. The number of phenols is 2. The molecule has 0 unspecified atom stereocenters. The SMILES string of the molecule is O=[N+]([O-])c1cc([N+](=O)[O-])c(/C=C/c2c(O)cccc2[N+](=O)[O-])cc1/C=C/c1c(O)cccc1[N+](=O)[O-]. The minimum atomic E-state index is -0.896. The van der Waals surface area contributed by atoms with E-state index in [1.807, 2.05) is 0 Å². The van der Waals surface area contributed by atoms with Gasteiger partial charge in [0.1, 0.15) is 11.5 Å². The van der Waals surface area contributed by atoms with Gasteiger partial charge in [-0.3, -0.25) is 40.5 Å². The molecule has 14 nitrogen and oxygen atoms in total. The molecule has 3 aromatic carbocycles. The van der Waals surface area contributed by atoms with E-state index >= 15 is 0 Å². The van der Waals surface area contributed by atoms with Gasteiger partial charge in [0, 0.05) is 12.1 Å². The Balaban J connectivity index is 2.20. The minimum absolute atomic E-state index is 0.213. The molecule has 0 atom stereocenters. The molecule has 0 aromatic heterocycles. The normalized spacial score (nSPS) is 11.1. The predicted octanol–water partition coefficient (Wildman–Crippen LogP) is 5.07. The van der Waals surface area contributed by atoms with E-state index in [2.05, 4.69) is 0 Å². The van der Waals surface area contributed by atoms with Crippen molar-refractivity contribution in [2.24, 2.45) is 0 Å². The lowest BCUT2D eigenvalue weighted by Gasteiger charge is -2.04. The fourth-order valence-corrected chi connectivity index (χ4v) is 3.28. The van der Waals surface area contributed by atoms with Gasteiger partial charge < -0.3 is 10.2 Å². The first-order chi connectivity index (χ1) is 17.0. The van der Waals surface area contributed by atoms with Crippen molar-refractivity contribution in [3.63, 3.8) is 0 Å². The average molecular weight is 494 g/mol. The first-order valence-corrected chi connectivity index (χ1v) is 9.77.